The first-order valence-electron chi connectivity index (χ1n) is 7.16. The first-order chi connectivity index (χ1) is 9.58. The highest BCUT2D eigenvalue weighted by molar-refractivity contribution is 5.97. The minimum Gasteiger partial charge on any atom is -0.334 e. The Morgan fingerprint density at radius 1 is 1.40 bits per heavy atom. The van der Waals surface area contributed by atoms with Gasteiger partial charge in [-0.25, -0.2) is 9.97 Å². The van der Waals surface area contributed by atoms with E-state index in [1.54, 1.807) is 12.4 Å². The van der Waals surface area contributed by atoms with Gasteiger partial charge in [-0.05, 0) is 32.1 Å². The molecule has 1 fully saturated rings. The molecule has 0 unspecified atom stereocenters. The molecule has 3 rings (SSSR count). The molecule has 2 heterocycles. The van der Waals surface area contributed by atoms with Crippen LogP contribution in [0.4, 0.5) is 0 Å². The third-order valence-electron chi connectivity index (χ3n) is 4.11. The van der Waals surface area contributed by atoms with Crippen molar-refractivity contribution < 1.29 is 4.79 Å². The molecule has 2 atom stereocenters. The van der Waals surface area contributed by atoms with Crippen LogP contribution in [-0.4, -0.2) is 37.8 Å². The second-order valence-electron chi connectivity index (χ2n) is 5.96. The number of rotatable bonds is 4. The molecule has 5 heteroatoms. The fourth-order valence-electron chi connectivity index (χ4n) is 2.58. The smallest absolute Gasteiger partial charge is 0.276 e. The molecule has 2 aromatic rings. The molecule has 0 radical (unpaired) electrons. The van der Waals surface area contributed by atoms with E-state index in [0.717, 1.165) is 12.5 Å². The second-order valence-corrected chi connectivity index (χ2v) is 5.96. The van der Waals surface area contributed by atoms with E-state index in [0.29, 0.717) is 17.3 Å². The van der Waals surface area contributed by atoms with Gasteiger partial charge in [0.1, 0.15) is 0 Å². The highest BCUT2D eigenvalue weighted by atomic mass is 16.2. The quantitative estimate of drug-likeness (QED) is 0.857. The molecular weight excluding hydrogens is 252 g/mol. The zero-order valence-electron chi connectivity index (χ0n) is 12.2. The summed E-state index contributed by atoms with van der Waals surface area (Å²) in [4.78, 5) is 23.2. The van der Waals surface area contributed by atoms with Gasteiger partial charge >= 0.3 is 0 Å². The Morgan fingerprint density at radius 3 is 2.65 bits per heavy atom. The van der Waals surface area contributed by atoms with Crippen LogP contribution < -0.4 is 0 Å². The molecule has 1 amide bonds. The zero-order chi connectivity index (χ0) is 14.3. The Kier molecular flexibility index (Phi) is 3.20. The molecule has 106 valence electrons. The third kappa shape index (κ3) is 2.28. The average molecular weight is 272 g/mol. The fraction of sp³-hybridized carbons (Fsp3) is 0.533. The molecule has 0 aliphatic heterocycles. The Labute approximate surface area is 118 Å². The Morgan fingerprint density at radius 2 is 2.05 bits per heavy atom. The normalized spacial score (nSPS) is 21.4. The van der Waals surface area contributed by atoms with Crippen LogP contribution in [0, 0.1) is 11.8 Å². The van der Waals surface area contributed by atoms with Crippen molar-refractivity contribution in [1.29, 1.82) is 0 Å². The van der Waals surface area contributed by atoms with Crippen molar-refractivity contribution in [3.8, 4) is 0 Å². The van der Waals surface area contributed by atoms with Crippen molar-refractivity contribution in [3.05, 3.63) is 30.5 Å². The van der Waals surface area contributed by atoms with Crippen LogP contribution in [0.1, 0.15) is 37.7 Å². The summed E-state index contributed by atoms with van der Waals surface area (Å²) in [5, 5.41) is 0. The van der Waals surface area contributed by atoms with Crippen LogP contribution in [0.5, 0.6) is 0 Å². The summed E-state index contributed by atoms with van der Waals surface area (Å²) in [6.45, 7) is 7.16. The van der Waals surface area contributed by atoms with Crippen LogP contribution in [-0.2, 0) is 0 Å². The zero-order valence-corrected chi connectivity index (χ0v) is 12.2. The maximum atomic E-state index is 12.8. The Balaban J connectivity index is 1.90. The molecule has 2 aromatic heterocycles. The van der Waals surface area contributed by atoms with E-state index in [1.807, 2.05) is 21.7 Å². The number of carbonyl (C=O) groups is 1. The van der Waals surface area contributed by atoms with E-state index >= 15 is 0 Å². The molecular formula is C15H20N4O. The predicted octanol–water partition coefficient (Wildman–Crippen LogP) is 2.24. The maximum Gasteiger partial charge on any atom is 0.276 e. The van der Waals surface area contributed by atoms with Gasteiger partial charge in [-0.2, -0.15) is 0 Å². The van der Waals surface area contributed by atoms with E-state index in [2.05, 4.69) is 30.7 Å². The van der Waals surface area contributed by atoms with Crippen molar-refractivity contribution >= 4 is 11.6 Å². The number of amides is 1. The second kappa shape index (κ2) is 4.89. The van der Waals surface area contributed by atoms with Gasteiger partial charge < -0.3 is 9.30 Å². The third-order valence-corrected chi connectivity index (χ3v) is 4.11. The number of hydrogen-bond acceptors (Lipinski definition) is 3. The molecule has 20 heavy (non-hydrogen) atoms. The van der Waals surface area contributed by atoms with E-state index < -0.39 is 0 Å². The monoisotopic (exact) mass is 272 g/mol. The first-order valence-corrected chi connectivity index (χ1v) is 7.16. The van der Waals surface area contributed by atoms with Crippen LogP contribution in [0.2, 0.25) is 0 Å². The van der Waals surface area contributed by atoms with Crippen molar-refractivity contribution in [2.75, 3.05) is 6.54 Å². The lowest BCUT2D eigenvalue weighted by atomic mass is 10.2. The number of carbonyl (C=O) groups excluding carboxylic acids is 1. The highest BCUT2D eigenvalue weighted by Crippen LogP contribution is 2.38. The number of aromatic nitrogens is 3. The lowest BCUT2D eigenvalue weighted by Gasteiger charge is -2.26. The summed E-state index contributed by atoms with van der Waals surface area (Å²) in [5.74, 6) is 1.36. The number of nitrogens with zero attached hydrogens (tertiary/aromatic N) is 4. The fourth-order valence-corrected chi connectivity index (χ4v) is 2.58. The van der Waals surface area contributed by atoms with Gasteiger partial charge in [0.25, 0.3) is 5.91 Å². The van der Waals surface area contributed by atoms with Gasteiger partial charge in [-0.1, -0.05) is 6.92 Å². The van der Waals surface area contributed by atoms with Gasteiger partial charge in [0, 0.05) is 37.4 Å². The van der Waals surface area contributed by atoms with Crippen LogP contribution in [0.3, 0.4) is 0 Å². The minimum absolute atomic E-state index is 0.0177. The van der Waals surface area contributed by atoms with Gasteiger partial charge in [-0.15, -0.1) is 0 Å². The summed E-state index contributed by atoms with van der Waals surface area (Å²) in [7, 11) is 0. The predicted molar refractivity (Wildman–Crippen MR) is 76.4 cm³/mol. The number of imidazole rings is 1. The molecule has 1 aliphatic rings. The van der Waals surface area contributed by atoms with E-state index in [-0.39, 0.29) is 11.9 Å². The summed E-state index contributed by atoms with van der Waals surface area (Å²) in [6, 6.07) is 0.173. The molecule has 5 nitrogen and oxygen atoms in total. The van der Waals surface area contributed by atoms with E-state index in [9.17, 15) is 4.79 Å². The molecule has 0 saturated heterocycles. The van der Waals surface area contributed by atoms with Crippen LogP contribution in [0.25, 0.3) is 5.65 Å². The van der Waals surface area contributed by atoms with E-state index in [4.69, 9.17) is 0 Å². The van der Waals surface area contributed by atoms with Gasteiger partial charge in [0.2, 0.25) is 0 Å². The highest BCUT2D eigenvalue weighted by Gasteiger charge is 2.36. The molecule has 1 aliphatic carbocycles. The van der Waals surface area contributed by atoms with Gasteiger partial charge in [-0.3, -0.25) is 4.79 Å². The summed E-state index contributed by atoms with van der Waals surface area (Å²) in [5.41, 5.74) is 1.08. The summed E-state index contributed by atoms with van der Waals surface area (Å²) < 4.78 is 1.83. The van der Waals surface area contributed by atoms with Crippen molar-refractivity contribution in [2.24, 2.45) is 11.8 Å². The molecule has 0 bridgehead atoms. The van der Waals surface area contributed by atoms with Gasteiger partial charge in [0.15, 0.2) is 11.3 Å². The lowest BCUT2D eigenvalue weighted by Crippen LogP contribution is -2.39. The Hall–Kier alpha value is -1.91. The number of hydrogen-bond donors (Lipinski definition) is 0. The SMILES string of the molecule is CC(C)N(C[C@@H]1C[C@H]1C)C(=O)c1nccn2ccnc12. The average Bonchev–Trinajstić information content (AvgIpc) is 2.91. The molecule has 0 aromatic carbocycles. The van der Waals surface area contributed by atoms with Crippen molar-refractivity contribution in [3.63, 3.8) is 0 Å². The standard InChI is InChI=1S/C15H20N4O/c1-10(2)19(9-12-8-11(12)3)15(20)13-14-17-5-7-18(14)6-4-16-13/h4-7,10-12H,8-9H2,1-3H3/t11-,12+/m1/s1. The molecule has 0 N–H and O–H groups in total. The Bertz CT molecular complexity index is 634. The van der Waals surface area contributed by atoms with Gasteiger partial charge in [0.05, 0.1) is 0 Å². The summed E-state index contributed by atoms with van der Waals surface area (Å²) >= 11 is 0. The molecule has 1 saturated carbocycles. The first kappa shape index (κ1) is 13.1. The largest absolute Gasteiger partial charge is 0.334 e. The lowest BCUT2D eigenvalue weighted by molar-refractivity contribution is 0.0689. The molecule has 0 spiro atoms. The maximum absolute atomic E-state index is 12.8. The van der Waals surface area contributed by atoms with Crippen molar-refractivity contribution in [1.82, 2.24) is 19.3 Å². The van der Waals surface area contributed by atoms with Crippen LogP contribution in [0.15, 0.2) is 24.8 Å². The number of fused-ring (bicyclic) bond motifs is 1. The van der Waals surface area contributed by atoms with Crippen molar-refractivity contribution in [2.45, 2.75) is 33.2 Å². The minimum atomic E-state index is -0.0177. The van der Waals surface area contributed by atoms with E-state index in [1.165, 1.54) is 6.42 Å². The summed E-state index contributed by atoms with van der Waals surface area (Å²) in [6.07, 6.45) is 8.20. The topological polar surface area (TPSA) is 50.5 Å². The van der Waals surface area contributed by atoms with Crippen LogP contribution >= 0.6 is 0 Å².